The van der Waals surface area contributed by atoms with Crippen LogP contribution in [-0.4, -0.2) is 41.3 Å². The Morgan fingerprint density at radius 2 is 1.84 bits per heavy atom. The Balaban J connectivity index is 1.50. The zero-order valence-electron chi connectivity index (χ0n) is 18.3. The van der Waals surface area contributed by atoms with E-state index in [1.54, 1.807) is 35.0 Å². The van der Waals surface area contributed by atoms with E-state index < -0.39 is 10.0 Å². The topological polar surface area (TPSA) is 84.3 Å². The monoisotopic (exact) mass is 452 g/mol. The van der Waals surface area contributed by atoms with Crippen LogP contribution >= 0.6 is 0 Å². The second-order valence-corrected chi connectivity index (χ2v) is 10.5. The van der Waals surface area contributed by atoms with Crippen molar-refractivity contribution in [2.45, 2.75) is 31.7 Å². The number of hydrogen-bond acceptors (Lipinski definition) is 4. The number of rotatable bonds is 6. The Morgan fingerprint density at radius 3 is 2.56 bits per heavy atom. The van der Waals surface area contributed by atoms with Crippen LogP contribution in [0.25, 0.3) is 5.69 Å². The van der Waals surface area contributed by atoms with Gasteiger partial charge in [0.15, 0.2) is 0 Å². The molecule has 1 N–H and O–H groups in total. The Labute approximate surface area is 189 Å². The van der Waals surface area contributed by atoms with E-state index in [4.69, 9.17) is 0 Å². The third-order valence-corrected chi connectivity index (χ3v) is 7.61. The average Bonchev–Trinajstić information content (AvgIpc) is 3.32. The molecule has 1 amide bonds. The van der Waals surface area contributed by atoms with Gasteiger partial charge in [0.05, 0.1) is 16.9 Å². The van der Waals surface area contributed by atoms with E-state index in [1.807, 2.05) is 35.0 Å². The predicted octanol–water partition coefficient (Wildman–Crippen LogP) is 3.47. The largest absolute Gasteiger partial charge is 0.348 e. The van der Waals surface area contributed by atoms with Gasteiger partial charge < -0.3 is 9.88 Å². The lowest BCUT2D eigenvalue weighted by molar-refractivity contribution is 0.0950. The van der Waals surface area contributed by atoms with Crippen molar-refractivity contribution in [2.75, 3.05) is 13.1 Å². The summed E-state index contributed by atoms with van der Waals surface area (Å²) in [4.78, 5) is 17.1. The number of sulfonamides is 1. The van der Waals surface area contributed by atoms with Crippen LogP contribution in [0.3, 0.4) is 0 Å². The molecule has 1 aliphatic heterocycles. The molecule has 0 spiro atoms. The lowest BCUT2D eigenvalue weighted by atomic mass is 9.94. The normalized spacial score (nSPS) is 19.6. The van der Waals surface area contributed by atoms with Gasteiger partial charge in [-0.3, -0.25) is 4.79 Å². The fraction of sp³-hybridized carbons (Fsp3) is 0.333. The minimum Gasteiger partial charge on any atom is -0.348 e. The number of nitrogens with zero attached hydrogens (tertiary/aromatic N) is 3. The van der Waals surface area contributed by atoms with E-state index in [1.165, 1.54) is 6.07 Å². The van der Waals surface area contributed by atoms with E-state index in [9.17, 15) is 13.2 Å². The van der Waals surface area contributed by atoms with Gasteiger partial charge in [0.25, 0.3) is 5.91 Å². The van der Waals surface area contributed by atoms with Crippen LogP contribution in [0.1, 0.15) is 36.2 Å². The van der Waals surface area contributed by atoms with Crippen LogP contribution < -0.4 is 5.32 Å². The molecule has 32 heavy (non-hydrogen) atoms. The highest BCUT2D eigenvalue weighted by Crippen LogP contribution is 2.27. The van der Waals surface area contributed by atoms with Crippen molar-refractivity contribution in [3.63, 3.8) is 0 Å². The van der Waals surface area contributed by atoms with Gasteiger partial charge in [0.1, 0.15) is 0 Å². The van der Waals surface area contributed by atoms with Crippen molar-refractivity contribution in [1.29, 1.82) is 0 Å². The van der Waals surface area contributed by atoms with E-state index in [0.717, 1.165) is 17.7 Å². The van der Waals surface area contributed by atoms with Crippen molar-refractivity contribution in [1.82, 2.24) is 19.2 Å². The van der Waals surface area contributed by atoms with Crippen LogP contribution in [-0.2, 0) is 16.6 Å². The molecule has 1 aliphatic rings. The number of para-hydroxylation sites is 1. The Hall–Kier alpha value is -2.97. The Bertz CT molecular complexity index is 1180. The predicted molar refractivity (Wildman–Crippen MR) is 123 cm³/mol. The molecule has 2 aromatic carbocycles. The summed E-state index contributed by atoms with van der Waals surface area (Å²) in [5.74, 6) is 0.314. The molecule has 8 heteroatoms. The summed E-state index contributed by atoms with van der Waals surface area (Å²) in [5.41, 5.74) is 2.18. The van der Waals surface area contributed by atoms with E-state index in [2.05, 4.69) is 24.1 Å². The molecule has 2 heterocycles. The minimum absolute atomic E-state index is 0.158. The fourth-order valence-corrected chi connectivity index (χ4v) is 6.07. The number of benzene rings is 2. The molecule has 0 aliphatic carbocycles. The minimum atomic E-state index is -3.64. The Kier molecular flexibility index (Phi) is 6.43. The van der Waals surface area contributed by atoms with Gasteiger partial charge in [-0.15, -0.1) is 0 Å². The number of hydrogen-bond donors (Lipinski definition) is 1. The van der Waals surface area contributed by atoms with Gasteiger partial charge in [-0.2, -0.15) is 4.31 Å². The molecule has 0 bridgehead atoms. The highest BCUT2D eigenvalue weighted by atomic mass is 32.2. The maximum Gasteiger partial charge on any atom is 0.251 e. The number of nitrogens with one attached hydrogen (secondary N) is 1. The van der Waals surface area contributed by atoms with E-state index in [0.29, 0.717) is 37.0 Å². The molecule has 0 saturated carbocycles. The molecule has 3 aromatic rings. The molecule has 1 saturated heterocycles. The standard InChI is InChI=1S/C24H28N4O3S/c1-18-12-19(2)16-28(15-18)32(30,31)22-8-5-7-20(13-22)24(29)26-14-21-6-3-4-9-23(21)27-11-10-25-17-27/h3-11,13,17-19H,12,14-16H2,1-2H3,(H,26,29). The van der Waals surface area contributed by atoms with Crippen LogP contribution in [0.5, 0.6) is 0 Å². The molecule has 1 aromatic heterocycles. The molecule has 2 atom stereocenters. The SMILES string of the molecule is CC1CC(C)CN(S(=O)(=O)c2cccc(C(=O)NCc3ccccc3-n3ccnc3)c2)C1. The number of carbonyl (C=O) groups is 1. The second-order valence-electron chi connectivity index (χ2n) is 8.58. The van der Waals surface area contributed by atoms with Crippen molar-refractivity contribution in [2.24, 2.45) is 11.8 Å². The van der Waals surface area contributed by atoms with Crippen molar-refractivity contribution in [3.05, 3.63) is 78.4 Å². The molecule has 7 nitrogen and oxygen atoms in total. The van der Waals surface area contributed by atoms with Crippen LogP contribution in [0.2, 0.25) is 0 Å². The van der Waals surface area contributed by atoms with Gasteiger partial charge in [-0.05, 0) is 48.1 Å². The van der Waals surface area contributed by atoms with E-state index >= 15 is 0 Å². The summed E-state index contributed by atoms with van der Waals surface area (Å²) in [5, 5.41) is 2.91. The summed E-state index contributed by atoms with van der Waals surface area (Å²) in [6, 6.07) is 14.0. The number of aromatic nitrogens is 2. The van der Waals surface area contributed by atoms with Gasteiger partial charge in [-0.25, -0.2) is 13.4 Å². The molecule has 1 fully saturated rings. The summed E-state index contributed by atoms with van der Waals surface area (Å²) in [6.07, 6.45) is 6.27. The first-order chi connectivity index (χ1) is 15.3. The van der Waals surface area contributed by atoms with Gasteiger partial charge in [0.2, 0.25) is 10.0 Å². The molecule has 0 radical (unpaired) electrons. The maximum absolute atomic E-state index is 13.2. The third-order valence-electron chi connectivity index (χ3n) is 5.78. The average molecular weight is 453 g/mol. The smallest absolute Gasteiger partial charge is 0.251 e. The number of amides is 1. The highest BCUT2D eigenvalue weighted by molar-refractivity contribution is 7.89. The zero-order chi connectivity index (χ0) is 22.7. The summed E-state index contributed by atoms with van der Waals surface area (Å²) >= 11 is 0. The van der Waals surface area contributed by atoms with Crippen LogP contribution in [0.4, 0.5) is 0 Å². The van der Waals surface area contributed by atoms with Crippen LogP contribution in [0.15, 0.2) is 72.1 Å². The molecular formula is C24H28N4O3S. The van der Waals surface area contributed by atoms with Crippen molar-refractivity contribution >= 4 is 15.9 Å². The Morgan fingerprint density at radius 1 is 1.09 bits per heavy atom. The maximum atomic E-state index is 13.2. The molecule has 168 valence electrons. The molecule has 4 rings (SSSR count). The van der Waals surface area contributed by atoms with Gasteiger partial charge >= 0.3 is 0 Å². The number of piperidine rings is 1. The lowest BCUT2D eigenvalue weighted by Gasteiger charge is -2.34. The van der Waals surface area contributed by atoms with Crippen molar-refractivity contribution < 1.29 is 13.2 Å². The molecule has 2 unspecified atom stereocenters. The summed E-state index contributed by atoms with van der Waals surface area (Å²) in [7, 11) is -3.64. The lowest BCUT2D eigenvalue weighted by Crippen LogP contribution is -2.42. The fourth-order valence-electron chi connectivity index (χ4n) is 4.34. The number of imidazole rings is 1. The quantitative estimate of drug-likeness (QED) is 0.621. The second kappa shape index (κ2) is 9.26. The third kappa shape index (κ3) is 4.76. The van der Waals surface area contributed by atoms with Gasteiger partial charge in [-0.1, -0.05) is 38.1 Å². The highest BCUT2D eigenvalue weighted by Gasteiger charge is 2.32. The first kappa shape index (κ1) is 22.2. The summed E-state index contributed by atoms with van der Waals surface area (Å²) < 4.78 is 29.8. The van der Waals surface area contributed by atoms with Crippen molar-refractivity contribution in [3.8, 4) is 5.69 Å². The van der Waals surface area contributed by atoms with Gasteiger partial charge in [0, 0.05) is 37.6 Å². The zero-order valence-corrected chi connectivity index (χ0v) is 19.1. The number of carbonyl (C=O) groups excluding carboxylic acids is 1. The molecular weight excluding hydrogens is 424 g/mol. The summed E-state index contributed by atoms with van der Waals surface area (Å²) in [6.45, 7) is 5.47. The van der Waals surface area contributed by atoms with Crippen LogP contribution in [0, 0.1) is 11.8 Å². The van der Waals surface area contributed by atoms with E-state index in [-0.39, 0.29) is 10.8 Å². The first-order valence-corrected chi connectivity index (χ1v) is 12.2. The first-order valence-electron chi connectivity index (χ1n) is 10.8.